The number of rotatable bonds is 7. The number of benzene rings is 1. The molecule has 0 bridgehead atoms. The van der Waals surface area contributed by atoms with Gasteiger partial charge >= 0.3 is 6.09 Å². The zero-order valence-corrected chi connectivity index (χ0v) is 13.6. The van der Waals surface area contributed by atoms with E-state index < -0.39 is 0 Å². The molecule has 1 amide bonds. The highest BCUT2D eigenvalue weighted by Crippen LogP contribution is 2.19. The van der Waals surface area contributed by atoms with Crippen LogP contribution < -0.4 is 4.74 Å². The highest BCUT2D eigenvalue weighted by Gasteiger charge is 2.12. The van der Waals surface area contributed by atoms with Crippen LogP contribution in [-0.4, -0.2) is 49.1 Å². The maximum atomic E-state index is 11.9. The molecule has 0 aliphatic carbocycles. The Bertz CT molecular complexity index is 539. The fourth-order valence-electron chi connectivity index (χ4n) is 2.03. The molecule has 0 fully saturated rings. The summed E-state index contributed by atoms with van der Waals surface area (Å²) in [7, 11) is 1.95. The monoisotopic (exact) mass is 300 g/mol. The Morgan fingerprint density at radius 1 is 1.27 bits per heavy atom. The third-order valence-electron chi connectivity index (χ3n) is 3.31. The van der Waals surface area contributed by atoms with Gasteiger partial charge in [0.2, 0.25) is 0 Å². The topological polar surface area (TPSA) is 32.8 Å². The third kappa shape index (κ3) is 5.27. The number of carbonyl (C=O) groups is 1. The number of hydrogen-bond acceptors (Lipinski definition) is 3. The van der Waals surface area contributed by atoms with Gasteiger partial charge in [0.05, 0.1) is 6.54 Å². The molecule has 0 aliphatic heterocycles. The number of terminal acetylenes is 1. The van der Waals surface area contributed by atoms with Crippen molar-refractivity contribution in [2.75, 3.05) is 33.2 Å². The molecule has 0 heterocycles. The summed E-state index contributed by atoms with van der Waals surface area (Å²) in [5, 5.41) is 0. The van der Waals surface area contributed by atoms with Crippen molar-refractivity contribution in [3.05, 3.63) is 36.4 Å². The minimum atomic E-state index is -0.328. The Kier molecular flexibility index (Phi) is 7.21. The van der Waals surface area contributed by atoms with Crippen LogP contribution in [-0.2, 0) is 0 Å². The van der Waals surface area contributed by atoms with Gasteiger partial charge in [0.25, 0.3) is 0 Å². The van der Waals surface area contributed by atoms with E-state index in [0.29, 0.717) is 31.9 Å². The van der Waals surface area contributed by atoms with E-state index in [2.05, 4.69) is 12.5 Å². The maximum absolute atomic E-state index is 11.9. The van der Waals surface area contributed by atoms with E-state index in [4.69, 9.17) is 11.2 Å². The van der Waals surface area contributed by atoms with E-state index in [1.54, 1.807) is 17.0 Å². The molecule has 0 N–H and O–H groups in total. The van der Waals surface area contributed by atoms with Gasteiger partial charge in [-0.2, -0.15) is 0 Å². The number of carbonyl (C=O) groups excluding carboxylic acids is 1. The van der Waals surface area contributed by atoms with Crippen LogP contribution in [0.15, 0.2) is 30.8 Å². The van der Waals surface area contributed by atoms with Crippen LogP contribution in [0.3, 0.4) is 0 Å². The molecule has 22 heavy (non-hydrogen) atoms. The lowest BCUT2D eigenvalue weighted by atomic mass is 10.1. The average molecular weight is 300 g/mol. The predicted octanol–water partition coefficient (Wildman–Crippen LogP) is 3.11. The summed E-state index contributed by atoms with van der Waals surface area (Å²) < 4.78 is 5.33. The van der Waals surface area contributed by atoms with E-state index in [1.807, 2.05) is 37.9 Å². The van der Waals surface area contributed by atoms with Gasteiger partial charge in [-0.15, -0.1) is 6.42 Å². The first-order valence-corrected chi connectivity index (χ1v) is 7.38. The Morgan fingerprint density at radius 3 is 2.36 bits per heavy atom. The number of likely N-dealkylation sites (N-methyl/N-ethyl adjacent to an activating group) is 1. The van der Waals surface area contributed by atoms with Crippen molar-refractivity contribution in [3.8, 4) is 18.1 Å². The lowest BCUT2D eigenvalue weighted by molar-refractivity contribution is 0.157. The van der Waals surface area contributed by atoms with Crippen LogP contribution in [0.25, 0.3) is 5.57 Å². The smallest absolute Gasteiger partial charge is 0.410 e. The highest BCUT2D eigenvalue weighted by atomic mass is 16.6. The van der Waals surface area contributed by atoms with Crippen molar-refractivity contribution >= 4 is 11.7 Å². The molecule has 1 aromatic carbocycles. The summed E-state index contributed by atoms with van der Waals surface area (Å²) in [5.74, 6) is 3.13. The summed E-state index contributed by atoms with van der Waals surface area (Å²) in [6.45, 7) is 10.4. The van der Waals surface area contributed by atoms with Gasteiger partial charge in [-0.3, -0.25) is 4.90 Å². The van der Waals surface area contributed by atoms with Gasteiger partial charge in [0.15, 0.2) is 0 Å². The molecule has 0 spiro atoms. The van der Waals surface area contributed by atoms with Gasteiger partial charge in [-0.1, -0.05) is 24.6 Å². The molecule has 4 nitrogen and oxygen atoms in total. The van der Waals surface area contributed by atoms with Gasteiger partial charge in [-0.25, -0.2) is 4.79 Å². The summed E-state index contributed by atoms with van der Waals surface area (Å²) >= 11 is 0. The SMILES string of the molecule is C#CCN(C)CC(=C)c1ccc(OC(=O)N(CC)CC)cc1. The molecule has 0 unspecified atom stereocenters. The quantitative estimate of drug-likeness (QED) is 0.725. The molecule has 1 rings (SSSR count). The molecule has 1 aromatic rings. The van der Waals surface area contributed by atoms with Gasteiger partial charge < -0.3 is 9.64 Å². The summed E-state index contributed by atoms with van der Waals surface area (Å²) in [6.07, 6.45) is 4.96. The third-order valence-corrected chi connectivity index (χ3v) is 3.31. The van der Waals surface area contributed by atoms with Crippen molar-refractivity contribution in [2.24, 2.45) is 0 Å². The number of ether oxygens (including phenoxy) is 1. The van der Waals surface area contributed by atoms with Crippen LogP contribution in [0, 0.1) is 12.3 Å². The molecular formula is C18H24N2O2. The van der Waals surface area contributed by atoms with Crippen molar-refractivity contribution in [3.63, 3.8) is 0 Å². The second kappa shape index (κ2) is 8.91. The first-order valence-electron chi connectivity index (χ1n) is 7.38. The Labute approximate surface area is 133 Å². The van der Waals surface area contributed by atoms with Gasteiger partial charge in [0.1, 0.15) is 5.75 Å². The van der Waals surface area contributed by atoms with Crippen LogP contribution in [0.4, 0.5) is 4.79 Å². The second-order valence-corrected chi connectivity index (χ2v) is 5.04. The molecule has 0 atom stereocenters. The molecule has 0 saturated carbocycles. The summed E-state index contributed by atoms with van der Waals surface area (Å²) in [5.41, 5.74) is 1.98. The second-order valence-electron chi connectivity index (χ2n) is 5.04. The molecule has 0 saturated heterocycles. The Balaban J connectivity index is 2.65. The van der Waals surface area contributed by atoms with Crippen molar-refractivity contribution < 1.29 is 9.53 Å². The standard InChI is InChI=1S/C18H24N2O2/c1-6-13-19(5)14-15(4)16-9-11-17(12-10-16)22-18(21)20(7-2)8-3/h1,9-12H,4,7-8,13-14H2,2-3,5H3. The van der Waals surface area contributed by atoms with Crippen molar-refractivity contribution in [1.29, 1.82) is 0 Å². The zero-order chi connectivity index (χ0) is 16.5. The lowest BCUT2D eigenvalue weighted by Crippen LogP contribution is -2.33. The van der Waals surface area contributed by atoms with Crippen LogP contribution in [0.1, 0.15) is 19.4 Å². The Hall–Kier alpha value is -2.25. The van der Waals surface area contributed by atoms with E-state index >= 15 is 0 Å². The van der Waals surface area contributed by atoms with E-state index in [1.165, 1.54) is 0 Å². The first kappa shape index (κ1) is 17.8. The van der Waals surface area contributed by atoms with Crippen molar-refractivity contribution in [2.45, 2.75) is 13.8 Å². The highest BCUT2D eigenvalue weighted by molar-refractivity contribution is 5.71. The van der Waals surface area contributed by atoms with Gasteiger partial charge in [-0.05, 0) is 44.2 Å². The molecule has 4 heteroatoms. The number of hydrogen-bond donors (Lipinski definition) is 0. The zero-order valence-electron chi connectivity index (χ0n) is 13.6. The molecule has 0 aliphatic rings. The largest absolute Gasteiger partial charge is 0.415 e. The fraction of sp³-hybridized carbons (Fsp3) is 0.389. The van der Waals surface area contributed by atoms with Gasteiger partial charge in [0, 0.05) is 19.6 Å². The minimum Gasteiger partial charge on any atom is -0.410 e. The average Bonchev–Trinajstić information content (AvgIpc) is 2.49. The summed E-state index contributed by atoms with van der Waals surface area (Å²) in [6, 6.07) is 7.36. The van der Waals surface area contributed by atoms with E-state index in [0.717, 1.165) is 11.1 Å². The lowest BCUT2D eigenvalue weighted by Gasteiger charge is -2.18. The van der Waals surface area contributed by atoms with Crippen LogP contribution in [0.5, 0.6) is 5.75 Å². The number of nitrogens with zero attached hydrogens (tertiary/aromatic N) is 2. The van der Waals surface area contributed by atoms with Crippen LogP contribution >= 0.6 is 0 Å². The van der Waals surface area contributed by atoms with E-state index in [9.17, 15) is 4.79 Å². The minimum absolute atomic E-state index is 0.328. The van der Waals surface area contributed by atoms with E-state index in [-0.39, 0.29) is 6.09 Å². The molecule has 0 aromatic heterocycles. The normalized spacial score (nSPS) is 10.1. The molecule has 118 valence electrons. The molecule has 0 radical (unpaired) electrons. The van der Waals surface area contributed by atoms with Crippen molar-refractivity contribution in [1.82, 2.24) is 9.80 Å². The molecular weight excluding hydrogens is 276 g/mol. The number of amides is 1. The van der Waals surface area contributed by atoms with Crippen LogP contribution in [0.2, 0.25) is 0 Å². The summed E-state index contributed by atoms with van der Waals surface area (Å²) in [4.78, 5) is 15.5. The Morgan fingerprint density at radius 2 is 1.86 bits per heavy atom. The fourth-order valence-corrected chi connectivity index (χ4v) is 2.03. The first-order chi connectivity index (χ1) is 10.5. The predicted molar refractivity (Wildman–Crippen MR) is 90.8 cm³/mol. The maximum Gasteiger partial charge on any atom is 0.415 e.